The van der Waals surface area contributed by atoms with Gasteiger partial charge < -0.3 is 15.0 Å². The Kier molecular flexibility index (Phi) is 7.33. The number of piperidine rings is 1. The van der Waals surface area contributed by atoms with Crippen molar-refractivity contribution in [3.05, 3.63) is 53.1 Å². The van der Waals surface area contributed by atoms with E-state index in [0.29, 0.717) is 24.8 Å². The predicted molar refractivity (Wildman–Crippen MR) is 119 cm³/mol. The van der Waals surface area contributed by atoms with E-state index in [2.05, 4.69) is 10.1 Å². The summed E-state index contributed by atoms with van der Waals surface area (Å²) in [6.45, 7) is 1.36. The molecule has 3 rings (SSSR count). The van der Waals surface area contributed by atoms with Crippen LogP contribution in [0.3, 0.4) is 0 Å². The van der Waals surface area contributed by atoms with Crippen LogP contribution in [0.2, 0.25) is 0 Å². The van der Waals surface area contributed by atoms with E-state index in [1.54, 1.807) is 6.07 Å². The minimum atomic E-state index is -3.84. The van der Waals surface area contributed by atoms with Gasteiger partial charge in [0.2, 0.25) is 10.0 Å². The molecule has 1 amide bonds. The number of hydrogen-bond donors (Lipinski definition) is 1. The normalized spacial score (nSPS) is 14.3. The van der Waals surface area contributed by atoms with Gasteiger partial charge in [0.05, 0.1) is 28.8 Å². The number of anilines is 2. The van der Waals surface area contributed by atoms with E-state index < -0.39 is 44.8 Å². The van der Waals surface area contributed by atoms with Gasteiger partial charge in [0.1, 0.15) is 11.6 Å². The Morgan fingerprint density at radius 3 is 2.27 bits per heavy atom. The van der Waals surface area contributed by atoms with E-state index in [0.717, 1.165) is 36.7 Å². The molecule has 0 bridgehead atoms. The maximum Gasteiger partial charge on any atom is 0.340 e. The molecule has 2 aromatic rings. The van der Waals surface area contributed by atoms with Crippen LogP contribution in [0.5, 0.6) is 0 Å². The fourth-order valence-electron chi connectivity index (χ4n) is 3.58. The van der Waals surface area contributed by atoms with Crippen molar-refractivity contribution >= 4 is 33.3 Å². The van der Waals surface area contributed by atoms with Crippen LogP contribution in [-0.4, -0.2) is 58.9 Å². The van der Waals surface area contributed by atoms with Crippen molar-refractivity contribution in [2.24, 2.45) is 0 Å². The summed E-state index contributed by atoms with van der Waals surface area (Å²) < 4.78 is 59.1. The summed E-state index contributed by atoms with van der Waals surface area (Å²) in [4.78, 5) is 26.8. The van der Waals surface area contributed by atoms with Gasteiger partial charge in [0.15, 0.2) is 0 Å². The standard InChI is InChI=1S/C22H25F2N3O5S/c1-26(2)33(30,31)14-7-8-20(27-9-5-4-6-10-27)16(11-14)21(28)25-19-12-15(22(29)32-3)17(23)13-18(19)24/h7-8,11-13H,4-6,9-10H2,1-3H3,(H,25,28). The second kappa shape index (κ2) is 9.84. The number of rotatable bonds is 6. The highest BCUT2D eigenvalue weighted by Gasteiger charge is 2.25. The number of sulfonamides is 1. The fraction of sp³-hybridized carbons (Fsp3) is 0.364. The van der Waals surface area contributed by atoms with Crippen LogP contribution in [-0.2, 0) is 14.8 Å². The third-order valence-electron chi connectivity index (χ3n) is 5.40. The molecule has 1 N–H and O–H groups in total. The van der Waals surface area contributed by atoms with E-state index in [1.807, 2.05) is 4.90 Å². The van der Waals surface area contributed by atoms with Crippen molar-refractivity contribution < 1.29 is 31.5 Å². The first-order chi connectivity index (χ1) is 15.6. The van der Waals surface area contributed by atoms with Crippen LogP contribution in [0.25, 0.3) is 0 Å². The highest BCUT2D eigenvalue weighted by atomic mass is 32.2. The van der Waals surface area contributed by atoms with Gasteiger partial charge in [0, 0.05) is 38.9 Å². The monoisotopic (exact) mass is 481 g/mol. The maximum atomic E-state index is 14.4. The molecule has 0 aromatic heterocycles. The molecule has 0 aliphatic carbocycles. The Balaban J connectivity index is 2.06. The van der Waals surface area contributed by atoms with E-state index in [-0.39, 0.29) is 10.5 Å². The summed E-state index contributed by atoms with van der Waals surface area (Å²) in [7, 11) is -0.0500. The minimum Gasteiger partial charge on any atom is -0.465 e. The van der Waals surface area contributed by atoms with E-state index in [1.165, 1.54) is 26.2 Å². The molecule has 11 heteroatoms. The van der Waals surface area contributed by atoms with Crippen LogP contribution in [0.1, 0.15) is 40.0 Å². The Morgan fingerprint density at radius 1 is 1.00 bits per heavy atom. The van der Waals surface area contributed by atoms with Gasteiger partial charge in [0.25, 0.3) is 5.91 Å². The first kappa shape index (κ1) is 24.6. The Morgan fingerprint density at radius 2 is 1.67 bits per heavy atom. The molecule has 1 aliphatic rings. The molecule has 178 valence electrons. The number of amides is 1. The summed E-state index contributed by atoms with van der Waals surface area (Å²) in [5.74, 6) is -4.06. The summed E-state index contributed by atoms with van der Waals surface area (Å²) in [6.07, 6.45) is 2.87. The van der Waals surface area contributed by atoms with Gasteiger partial charge in [-0.3, -0.25) is 4.79 Å². The van der Waals surface area contributed by atoms with Crippen LogP contribution in [0.4, 0.5) is 20.2 Å². The highest BCUT2D eigenvalue weighted by Crippen LogP contribution is 2.29. The first-order valence-electron chi connectivity index (χ1n) is 10.3. The van der Waals surface area contributed by atoms with Gasteiger partial charge in [-0.2, -0.15) is 0 Å². The molecule has 33 heavy (non-hydrogen) atoms. The minimum absolute atomic E-state index is 0.0168. The molecular weight excluding hydrogens is 456 g/mol. The van der Waals surface area contributed by atoms with Crippen molar-refractivity contribution in [2.45, 2.75) is 24.2 Å². The Labute approximate surface area is 191 Å². The van der Waals surface area contributed by atoms with Crippen molar-refractivity contribution in [1.82, 2.24) is 4.31 Å². The zero-order valence-corrected chi connectivity index (χ0v) is 19.3. The number of ether oxygens (including phenoxy) is 1. The first-order valence-corrected chi connectivity index (χ1v) is 11.7. The molecule has 1 saturated heterocycles. The van der Waals surface area contributed by atoms with Gasteiger partial charge in [-0.1, -0.05) is 0 Å². The lowest BCUT2D eigenvalue weighted by Gasteiger charge is -2.30. The zero-order valence-electron chi connectivity index (χ0n) is 18.5. The number of halogens is 2. The maximum absolute atomic E-state index is 14.4. The molecule has 8 nitrogen and oxygen atoms in total. The quantitative estimate of drug-likeness (QED) is 0.637. The highest BCUT2D eigenvalue weighted by molar-refractivity contribution is 7.89. The SMILES string of the molecule is COC(=O)c1cc(NC(=O)c2cc(S(=O)(=O)N(C)C)ccc2N2CCCCC2)c(F)cc1F. The second-order valence-corrected chi connectivity index (χ2v) is 9.92. The molecule has 0 unspecified atom stereocenters. The molecule has 0 radical (unpaired) electrons. The average Bonchev–Trinajstić information content (AvgIpc) is 2.80. The Bertz CT molecular complexity index is 1180. The number of benzene rings is 2. The number of nitrogens with zero attached hydrogens (tertiary/aromatic N) is 2. The smallest absolute Gasteiger partial charge is 0.340 e. The van der Waals surface area contributed by atoms with Crippen molar-refractivity contribution in [3.63, 3.8) is 0 Å². The predicted octanol–water partition coefficient (Wildman–Crippen LogP) is 3.24. The van der Waals surface area contributed by atoms with E-state index in [9.17, 15) is 26.8 Å². The molecule has 1 fully saturated rings. The third-order valence-corrected chi connectivity index (χ3v) is 7.21. The van der Waals surface area contributed by atoms with Crippen LogP contribution >= 0.6 is 0 Å². The fourth-order valence-corrected chi connectivity index (χ4v) is 4.51. The van der Waals surface area contributed by atoms with Crippen LogP contribution < -0.4 is 10.2 Å². The number of carbonyl (C=O) groups is 2. The van der Waals surface area contributed by atoms with Gasteiger partial charge in [-0.05, 0) is 43.5 Å². The van der Waals surface area contributed by atoms with E-state index in [4.69, 9.17) is 0 Å². The number of carbonyl (C=O) groups excluding carboxylic acids is 2. The van der Waals surface area contributed by atoms with E-state index >= 15 is 0 Å². The van der Waals surface area contributed by atoms with Gasteiger partial charge in [-0.15, -0.1) is 0 Å². The van der Waals surface area contributed by atoms with Crippen molar-refractivity contribution in [1.29, 1.82) is 0 Å². The topological polar surface area (TPSA) is 96.0 Å². The largest absolute Gasteiger partial charge is 0.465 e. The van der Waals surface area contributed by atoms with Gasteiger partial charge in [-0.25, -0.2) is 26.3 Å². The molecule has 1 aliphatic heterocycles. The number of methoxy groups -OCH3 is 1. The lowest BCUT2D eigenvalue weighted by Crippen LogP contribution is -2.32. The molecule has 2 aromatic carbocycles. The van der Waals surface area contributed by atoms with Crippen molar-refractivity contribution in [3.8, 4) is 0 Å². The lowest BCUT2D eigenvalue weighted by molar-refractivity contribution is 0.0595. The lowest BCUT2D eigenvalue weighted by atomic mass is 10.1. The average molecular weight is 482 g/mol. The summed E-state index contributed by atoms with van der Waals surface area (Å²) in [6, 6.07) is 5.52. The second-order valence-electron chi connectivity index (χ2n) is 7.77. The molecule has 0 atom stereocenters. The van der Waals surface area contributed by atoms with Crippen molar-refractivity contribution in [2.75, 3.05) is 44.5 Å². The van der Waals surface area contributed by atoms with Crippen LogP contribution in [0.15, 0.2) is 35.2 Å². The van der Waals surface area contributed by atoms with Gasteiger partial charge >= 0.3 is 5.97 Å². The summed E-state index contributed by atoms with van der Waals surface area (Å²) >= 11 is 0. The summed E-state index contributed by atoms with van der Waals surface area (Å²) in [5.41, 5.74) is -0.467. The molecular formula is C22H25F2N3O5S. The third kappa shape index (κ3) is 5.14. The molecule has 0 saturated carbocycles. The number of esters is 1. The molecule has 1 heterocycles. The Hall–Kier alpha value is -3.05. The number of nitrogens with one attached hydrogen (secondary N) is 1. The molecule has 0 spiro atoms. The summed E-state index contributed by atoms with van der Waals surface area (Å²) in [5, 5.41) is 2.34. The zero-order chi connectivity index (χ0) is 24.3. The van der Waals surface area contributed by atoms with Crippen LogP contribution in [0, 0.1) is 11.6 Å². The number of hydrogen-bond acceptors (Lipinski definition) is 6.